The number of sulfone groups is 1. The first-order valence-corrected chi connectivity index (χ1v) is 9.29. The number of aromatic nitrogens is 2. The maximum atomic E-state index is 12.3. The van der Waals surface area contributed by atoms with Gasteiger partial charge in [-0.05, 0) is 22.9 Å². The normalized spacial score (nSPS) is 11.5. The van der Waals surface area contributed by atoms with Crippen LogP contribution in [-0.4, -0.2) is 29.4 Å². The molecule has 0 aliphatic rings. The molecule has 0 bridgehead atoms. The second-order valence-corrected chi connectivity index (χ2v) is 7.73. The number of carbonyl (C=O) groups excluding carboxylic acids is 1. The number of benzene rings is 2. The molecule has 1 aromatic heterocycles. The van der Waals surface area contributed by atoms with Crippen molar-refractivity contribution in [1.82, 2.24) is 9.36 Å². The van der Waals surface area contributed by atoms with E-state index in [4.69, 9.17) is 0 Å². The van der Waals surface area contributed by atoms with Gasteiger partial charge < -0.3 is 0 Å². The number of fused-ring (bicyclic) bond motifs is 1. The van der Waals surface area contributed by atoms with Crippen LogP contribution in [0.2, 0.25) is 0 Å². The summed E-state index contributed by atoms with van der Waals surface area (Å²) in [5.74, 6) is -0.436. The third-order valence-electron chi connectivity index (χ3n) is 3.30. The molecule has 0 atom stereocenters. The van der Waals surface area contributed by atoms with Crippen LogP contribution in [0.4, 0.5) is 5.13 Å². The van der Waals surface area contributed by atoms with Crippen LogP contribution in [0.15, 0.2) is 47.6 Å². The van der Waals surface area contributed by atoms with E-state index in [-0.39, 0.29) is 21.9 Å². The fourth-order valence-electron chi connectivity index (χ4n) is 2.02. The van der Waals surface area contributed by atoms with E-state index in [0.717, 1.165) is 22.3 Å². The number of hydrogen-bond acceptors (Lipinski definition) is 6. The summed E-state index contributed by atoms with van der Waals surface area (Å²) < 4.78 is 27.2. The zero-order valence-corrected chi connectivity index (χ0v) is 13.8. The molecule has 0 saturated heterocycles. The molecule has 0 aliphatic carbocycles. The standard InChI is InChI=1S/C15H13N3O3S2/c1-2-23(20,21)15-17-14(22-18-15)16-13(19)12-8-7-10-5-3-4-6-11(10)9-12/h3-9H,2H2,1H3,(H,16,17,18,19). The molecule has 1 N–H and O–H groups in total. The lowest BCUT2D eigenvalue weighted by atomic mass is 10.1. The van der Waals surface area contributed by atoms with Crippen molar-refractivity contribution in [3.8, 4) is 0 Å². The van der Waals surface area contributed by atoms with Gasteiger partial charge in [0.1, 0.15) is 0 Å². The zero-order chi connectivity index (χ0) is 16.4. The average molecular weight is 347 g/mol. The van der Waals surface area contributed by atoms with Gasteiger partial charge in [-0.15, -0.1) is 0 Å². The molecule has 0 radical (unpaired) electrons. The maximum Gasteiger partial charge on any atom is 0.260 e. The summed E-state index contributed by atoms with van der Waals surface area (Å²) in [6.07, 6.45) is 0. The predicted octanol–water partition coefficient (Wildman–Crippen LogP) is 2.74. The largest absolute Gasteiger partial charge is 0.297 e. The molecule has 1 amide bonds. The number of anilines is 1. The first-order valence-electron chi connectivity index (χ1n) is 6.86. The Hall–Kier alpha value is -2.32. The molecule has 2 aromatic carbocycles. The fraction of sp³-hybridized carbons (Fsp3) is 0.133. The van der Waals surface area contributed by atoms with E-state index in [2.05, 4.69) is 14.7 Å². The smallest absolute Gasteiger partial charge is 0.260 e. The van der Waals surface area contributed by atoms with Crippen molar-refractivity contribution in [2.45, 2.75) is 12.1 Å². The summed E-state index contributed by atoms with van der Waals surface area (Å²) in [6, 6.07) is 13.1. The number of nitrogens with zero attached hydrogens (tertiary/aromatic N) is 2. The third kappa shape index (κ3) is 3.22. The lowest BCUT2D eigenvalue weighted by molar-refractivity contribution is 0.102. The summed E-state index contributed by atoms with van der Waals surface area (Å²) >= 11 is 0.846. The first-order chi connectivity index (χ1) is 11.0. The van der Waals surface area contributed by atoms with E-state index in [0.29, 0.717) is 5.56 Å². The van der Waals surface area contributed by atoms with E-state index in [1.54, 1.807) is 12.1 Å². The van der Waals surface area contributed by atoms with Crippen molar-refractivity contribution in [2.24, 2.45) is 0 Å². The highest BCUT2D eigenvalue weighted by molar-refractivity contribution is 7.91. The summed E-state index contributed by atoms with van der Waals surface area (Å²) in [6.45, 7) is 1.52. The van der Waals surface area contributed by atoms with Crippen LogP contribution >= 0.6 is 11.5 Å². The summed E-state index contributed by atoms with van der Waals surface area (Å²) in [5.41, 5.74) is 0.471. The molecular weight excluding hydrogens is 334 g/mol. The number of hydrogen-bond donors (Lipinski definition) is 1. The van der Waals surface area contributed by atoms with Crippen molar-refractivity contribution in [2.75, 3.05) is 11.1 Å². The van der Waals surface area contributed by atoms with Crippen molar-refractivity contribution in [1.29, 1.82) is 0 Å². The Morgan fingerprint density at radius 3 is 2.65 bits per heavy atom. The van der Waals surface area contributed by atoms with Crippen LogP contribution in [0, 0.1) is 0 Å². The Morgan fingerprint density at radius 1 is 1.17 bits per heavy atom. The number of nitrogens with one attached hydrogen (secondary N) is 1. The van der Waals surface area contributed by atoms with Gasteiger partial charge in [-0.2, -0.15) is 9.36 Å². The lowest BCUT2D eigenvalue weighted by Gasteiger charge is -2.03. The molecule has 0 unspecified atom stereocenters. The quantitative estimate of drug-likeness (QED) is 0.784. The number of amides is 1. The molecule has 8 heteroatoms. The molecular formula is C15H13N3O3S2. The van der Waals surface area contributed by atoms with Gasteiger partial charge in [0.2, 0.25) is 15.0 Å². The minimum atomic E-state index is -3.47. The van der Waals surface area contributed by atoms with E-state index in [1.807, 2.05) is 30.3 Å². The van der Waals surface area contributed by atoms with Crippen LogP contribution in [0.5, 0.6) is 0 Å². The summed E-state index contributed by atoms with van der Waals surface area (Å²) in [7, 11) is -3.47. The van der Waals surface area contributed by atoms with Gasteiger partial charge in [-0.1, -0.05) is 37.3 Å². The maximum absolute atomic E-state index is 12.3. The second kappa shape index (κ2) is 6.05. The SMILES string of the molecule is CCS(=O)(=O)c1nsc(NC(=O)c2ccc3ccccc3c2)n1. The molecule has 3 rings (SSSR count). The van der Waals surface area contributed by atoms with Gasteiger partial charge in [0.15, 0.2) is 0 Å². The Labute approximate surface area is 137 Å². The van der Waals surface area contributed by atoms with E-state index >= 15 is 0 Å². The van der Waals surface area contributed by atoms with Gasteiger partial charge >= 0.3 is 0 Å². The zero-order valence-electron chi connectivity index (χ0n) is 12.2. The second-order valence-electron chi connectivity index (χ2n) is 4.80. The molecule has 0 aliphatic heterocycles. The van der Waals surface area contributed by atoms with Gasteiger partial charge in [-0.3, -0.25) is 10.1 Å². The van der Waals surface area contributed by atoms with Gasteiger partial charge in [0.05, 0.1) is 5.75 Å². The van der Waals surface area contributed by atoms with Crippen molar-refractivity contribution in [3.63, 3.8) is 0 Å². The first kappa shape index (κ1) is 15.6. The minimum absolute atomic E-state index is 0.0816. The molecule has 23 heavy (non-hydrogen) atoms. The Bertz CT molecular complexity index is 980. The Kier molecular flexibility index (Phi) is 4.10. The van der Waals surface area contributed by atoms with E-state index in [1.165, 1.54) is 6.92 Å². The highest BCUT2D eigenvalue weighted by atomic mass is 32.2. The van der Waals surface area contributed by atoms with Gasteiger partial charge in [0, 0.05) is 17.1 Å². The van der Waals surface area contributed by atoms with Crippen LogP contribution in [0.1, 0.15) is 17.3 Å². The van der Waals surface area contributed by atoms with Crippen molar-refractivity contribution in [3.05, 3.63) is 48.0 Å². The van der Waals surface area contributed by atoms with Gasteiger partial charge in [-0.25, -0.2) is 8.42 Å². The Morgan fingerprint density at radius 2 is 1.91 bits per heavy atom. The highest BCUT2D eigenvalue weighted by Crippen LogP contribution is 2.19. The van der Waals surface area contributed by atoms with Crippen LogP contribution in [-0.2, 0) is 9.84 Å². The molecule has 3 aromatic rings. The monoisotopic (exact) mass is 347 g/mol. The lowest BCUT2D eigenvalue weighted by Crippen LogP contribution is -2.12. The van der Waals surface area contributed by atoms with E-state index in [9.17, 15) is 13.2 Å². The van der Waals surface area contributed by atoms with Crippen LogP contribution in [0.25, 0.3) is 10.8 Å². The molecule has 6 nitrogen and oxygen atoms in total. The highest BCUT2D eigenvalue weighted by Gasteiger charge is 2.19. The molecule has 1 heterocycles. The molecule has 0 spiro atoms. The van der Waals surface area contributed by atoms with Crippen molar-refractivity contribution >= 4 is 43.2 Å². The third-order valence-corrected chi connectivity index (χ3v) is 5.54. The van der Waals surface area contributed by atoms with Gasteiger partial charge in [0.25, 0.3) is 11.1 Å². The van der Waals surface area contributed by atoms with Crippen LogP contribution < -0.4 is 5.32 Å². The Balaban J connectivity index is 1.83. The average Bonchev–Trinajstić information content (AvgIpc) is 3.03. The number of rotatable bonds is 4. The molecule has 0 saturated carbocycles. The molecule has 0 fully saturated rings. The predicted molar refractivity (Wildman–Crippen MR) is 89.5 cm³/mol. The van der Waals surface area contributed by atoms with Crippen molar-refractivity contribution < 1.29 is 13.2 Å². The topological polar surface area (TPSA) is 89.0 Å². The van der Waals surface area contributed by atoms with E-state index < -0.39 is 9.84 Å². The van der Waals surface area contributed by atoms with Crippen LogP contribution in [0.3, 0.4) is 0 Å². The number of carbonyl (C=O) groups is 1. The fourth-order valence-corrected chi connectivity index (χ4v) is 3.60. The summed E-state index contributed by atoms with van der Waals surface area (Å²) in [5, 5.41) is 4.48. The summed E-state index contributed by atoms with van der Waals surface area (Å²) in [4.78, 5) is 16.1. The molecule has 118 valence electrons. The minimum Gasteiger partial charge on any atom is -0.297 e.